The zero-order valence-corrected chi connectivity index (χ0v) is 8.02. The molecular weight excluding hydrogens is 207 g/mol. The van der Waals surface area contributed by atoms with Crippen molar-refractivity contribution in [2.24, 2.45) is 0 Å². The number of benzene rings is 1. The highest BCUT2D eigenvalue weighted by molar-refractivity contribution is 6.31. The number of rotatable bonds is 0. The van der Waals surface area contributed by atoms with Crippen LogP contribution >= 0.6 is 11.6 Å². The zero-order chi connectivity index (χ0) is 10.3. The highest BCUT2D eigenvalue weighted by Crippen LogP contribution is 2.18. The molecule has 0 unspecified atom stereocenters. The number of nitrogens with one attached hydrogen (secondary N) is 1. The maximum absolute atomic E-state index is 13.1. The summed E-state index contributed by atoms with van der Waals surface area (Å²) in [5.74, 6) is -0.602. The Morgan fingerprint density at radius 3 is 2.93 bits per heavy atom. The molecule has 5 heteroatoms. The van der Waals surface area contributed by atoms with Gasteiger partial charge in [-0.05, 0) is 19.1 Å². The lowest BCUT2D eigenvalue weighted by Crippen LogP contribution is -2.09. The Hall–Kier alpha value is -1.42. The van der Waals surface area contributed by atoms with Gasteiger partial charge in [-0.15, -0.1) is 0 Å². The average Bonchev–Trinajstić information content (AvgIpc) is 2.15. The van der Waals surface area contributed by atoms with E-state index in [0.29, 0.717) is 11.2 Å². The van der Waals surface area contributed by atoms with Gasteiger partial charge in [-0.2, -0.15) is 5.10 Å². The molecule has 2 aromatic rings. The minimum Gasteiger partial charge on any atom is -0.287 e. The predicted molar refractivity (Wildman–Crippen MR) is 52.1 cm³/mol. The van der Waals surface area contributed by atoms with Crippen molar-refractivity contribution >= 4 is 22.5 Å². The van der Waals surface area contributed by atoms with Gasteiger partial charge in [-0.1, -0.05) is 11.6 Å². The van der Waals surface area contributed by atoms with E-state index < -0.39 is 5.82 Å². The van der Waals surface area contributed by atoms with Gasteiger partial charge in [0.2, 0.25) is 5.43 Å². The van der Waals surface area contributed by atoms with Crippen LogP contribution in [0.4, 0.5) is 4.39 Å². The van der Waals surface area contributed by atoms with Crippen molar-refractivity contribution in [2.75, 3.05) is 0 Å². The van der Waals surface area contributed by atoms with Crippen molar-refractivity contribution < 1.29 is 4.39 Å². The Bertz CT molecular complexity index is 564. The fraction of sp³-hybridized carbons (Fsp3) is 0.111. The van der Waals surface area contributed by atoms with Gasteiger partial charge in [0.25, 0.3) is 0 Å². The molecule has 0 amide bonds. The van der Waals surface area contributed by atoms with E-state index in [1.807, 2.05) is 0 Å². The van der Waals surface area contributed by atoms with Gasteiger partial charge < -0.3 is 0 Å². The molecule has 1 heterocycles. The van der Waals surface area contributed by atoms with Crippen LogP contribution in [0.1, 0.15) is 5.69 Å². The number of nitrogens with zero attached hydrogens (tertiary/aromatic N) is 1. The van der Waals surface area contributed by atoms with Crippen LogP contribution in [0.5, 0.6) is 0 Å². The largest absolute Gasteiger partial charge is 0.287 e. The monoisotopic (exact) mass is 212 g/mol. The number of hydrogen-bond acceptors (Lipinski definition) is 2. The molecule has 0 radical (unpaired) electrons. The third kappa shape index (κ3) is 1.28. The van der Waals surface area contributed by atoms with Crippen molar-refractivity contribution in [2.45, 2.75) is 6.92 Å². The van der Waals surface area contributed by atoms with E-state index in [2.05, 4.69) is 10.2 Å². The smallest absolute Gasteiger partial charge is 0.210 e. The van der Waals surface area contributed by atoms with E-state index in [1.54, 1.807) is 6.92 Å². The first kappa shape index (κ1) is 9.15. The number of fused-ring (bicyclic) bond motifs is 1. The quantitative estimate of drug-likeness (QED) is 0.726. The lowest BCUT2D eigenvalue weighted by Gasteiger charge is -1.99. The zero-order valence-electron chi connectivity index (χ0n) is 7.27. The summed E-state index contributed by atoms with van der Waals surface area (Å²) in [5.41, 5.74) is 0.459. The summed E-state index contributed by atoms with van der Waals surface area (Å²) in [6.45, 7) is 1.56. The maximum Gasteiger partial charge on any atom is 0.210 e. The molecule has 1 aromatic heterocycles. The molecule has 14 heavy (non-hydrogen) atoms. The normalized spacial score (nSPS) is 10.8. The first-order valence-corrected chi connectivity index (χ1v) is 4.31. The predicted octanol–water partition coefficient (Wildman–Crippen LogP) is 2.02. The molecule has 0 saturated heterocycles. The van der Waals surface area contributed by atoms with E-state index in [4.69, 9.17) is 11.6 Å². The number of hydrogen-bond donors (Lipinski definition) is 1. The molecule has 0 spiro atoms. The lowest BCUT2D eigenvalue weighted by molar-refractivity contribution is 0.630. The van der Waals surface area contributed by atoms with Gasteiger partial charge in [0, 0.05) is 0 Å². The van der Waals surface area contributed by atoms with Crippen LogP contribution in [0.3, 0.4) is 0 Å². The summed E-state index contributed by atoms with van der Waals surface area (Å²) >= 11 is 5.55. The molecule has 2 rings (SSSR count). The highest BCUT2D eigenvalue weighted by atomic mass is 35.5. The highest BCUT2D eigenvalue weighted by Gasteiger charge is 2.07. The average molecular weight is 213 g/mol. The van der Waals surface area contributed by atoms with E-state index in [9.17, 15) is 9.18 Å². The van der Waals surface area contributed by atoms with Gasteiger partial charge in [0.05, 0.1) is 15.9 Å². The standard InChI is InChI=1S/C9H6ClFN2O/c1-4-9(14)5-2-7(11)6(10)3-8(5)13-12-4/h2-3H,1H3,(H,13,14). The Morgan fingerprint density at radius 1 is 1.50 bits per heavy atom. The molecule has 0 atom stereocenters. The summed E-state index contributed by atoms with van der Waals surface area (Å²) < 4.78 is 13.1. The molecule has 72 valence electrons. The summed E-state index contributed by atoms with van der Waals surface area (Å²) in [6, 6.07) is 2.46. The minimum absolute atomic E-state index is 0.0289. The molecule has 1 N–H and O–H groups in total. The number of aromatic nitrogens is 2. The van der Waals surface area contributed by atoms with Crippen molar-refractivity contribution in [1.82, 2.24) is 10.2 Å². The fourth-order valence-electron chi connectivity index (χ4n) is 1.22. The van der Waals surface area contributed by atoms with Crippen LogP contribution in [-0.2, 0) is 0 Å². The second-order valence-electron chi connectivity index (χ2n) is 2.95. The van der Waals surface area contributed by atoms with Crippen LogP contribution in [0, 0.1) is 12.7 Å². The summed E-state index contributed by atoms with van der Waals surface area (Å²) in [4.78, 5) is 11.5. The third-order valence-electron chi connectivity index (χ3n) is 1.98. The molecule has 0 saturated carbocycles. The third-order valence-corrected chi connectivity index (χ3v) is 2.27. The first-order valence-electron chi connectivity index (χ1n) is 3.93. The number of aromatic amines is 1. The number of H-pyrrole nitrogens is 1. The molecule has 0 aliphatic carbocycles. The molecule has 0 bridgehead atoms. The van der Waals surface area contributed by atoms with Crippen LogP contribution < -0.4 is 5.43 Å². The summed E-state index contributed by atoms with van der Waals surface area (Å²) in [5, 5.41) is 6.62. The van der Waals surface area contributed by atoms with Crippen molar-refractivity contribution in [1.29, 1.82) is 0 Å². The van der Waals surface area contributed by atoms with Crippen molar-refractivity contribution in [3.05, 3.63) is 38.9 Å². The SMILES string of the molecule is Cc1n[nH]c2cc(Cl)c(F)cc2c1=O. The van der Waals surface area contributed by atoms with Gasteiger partial charge >= 0.3 is 0 Å². The van der Waals surface area contributed by atoms with Gasteiger partial charge in [-0.3, -0.25) is 9.89 Å². The first-order chi connectivity index (χ1) is 6.59. The van der Waals surface area contributed by atoms with Crippen LogP contribution in [0.25, 0.3) is 10.9 Å². The topological polar surface area (TPSA) is 45.8 Å². The Morgan fingerprint density at radius 2 is 2.21 bits per heavy atom. The summed E-state index contributed by atoms with van der Waals surface area (Å²) in [7, 11) is 0. The van der Waals surface area contributed by atoms with E-state index >= 15 is 0 Å². The van der Waals surface area contributed by atoms with E-state index in [1.165, 1.54) is 6.07 Å². The molecule has 0 aliphatic rings. The molecular formula is C9H6ClFN2O. The van der Waals surface area contributed by atoms with Crippen molar-refractivity contribution in [3.63, 3.8) is 0 Å². The number of aryl methyl sites for hydroxylation is 1. The summed E-state index contributed by atoms with van der Waals surface area (Å²) in [6.07, 6.45) is 0. The van der Waals surface area contributed by atoms with Crippen LogP contribution in [0.2, 0.25) is 5.02 Å². The second-order valence-corrected chi connectivity index (χ2v) is 3.36. The lowest BCUT2D eigenvalue weighted by atomic mass is 10.2. The minimum atomic E-state index is -0.602. The molecule has 0 aliphatic heterocycles. The maximum atomic E-state index is 13.1. The van der Waals surface area contributed by atoms with Crippen LogP contribution in [-0.4, -0.2) is 10.2 Å². The molecule has 1 aromatic carbocycles. The van der Waals surface area contributed by atoms with Gasteiger partial charge in [0.1, 0.15) is 11.5 Å². The van der Waals surface area contributed by atoms with Gasteiger partial charge in [-0.25, -0.2) is 4.39 Å². The van der Waals surface area contributed by atoms with Crippen molar-refractivity contribution in [3.8, 4) is 0 Å². The second kappa shape index (κ2) is 3.06. The fourth-order valence-corrected chi connectivity index (χ4v) is 1.38. The number of halogens is 2. The van der Waals surface area contributed by atoms with Crippen LogP contribution in [0.15, 0.2) is 16.9 Å². The Balaban J connectivity index is 2.97. The van der Waals surface area contributed by atoms with E-state index in [0.717, 1.165) is 6.07 Å². The Kier molecular flexibility index (Phi) is 2.00. The van der Waals surface area contributed by atoms with Gasteiger partial charge in [0.15, 0.2) is 0 Å². The Labute approximate surface area is 83.5 Å². The molecule has 3 nitrogen and oxygen atoms in total. The van der Waals surface area contributed by atoms with E-state index in [-0.39, 0.29) is 15.8 Å². The molecule has 0 fully saturated rings.